The second kappa shape index (κ2) is 4.42. The van der Waals surface area contributed by atoms with E-state index in [0.717, 1.165) is 5.92 Å². The molecular weight excluding hydrogens is 200 g/mol. The Balaban J connectivity index is 2.06. The van der Waals surface area contributed by atoms with Crippen LogP contribution in [0.3, 0.4) is 0 Å². The third-order valence-electron chi connectivity index (χ3n) is 3.89. The highest BCUT2D eigenvalue weighted by Gasteiger charge is 2.35. The summed E-state index contributed by atoms with van der Waals surface area (Å²) >= 11 is 0. The van der Waals surface area contributed by atoms with E-state index >= 15 is 0 Å². The molecular formula is C13H24OSi. The second-order valence-corrected chi connectivity index (χ2v) is 10.0. The Morgan fingerprint density at radius 2 is 1.87 bits per heavy atom. The van der Waals surface area contributed by atoms with Crippen LogP contribution in [0.15, 0.2) is 11.6 Å². The maximum atomic E-state index is 6.40. The van der Waals surface area contributed by atoms with Crippen molar-refractivity contribution in [2.75, 3.05) is 0 Å². The van der Waals surface area contributed by atoms with Crippen molar-refractivity contribution in [3.63, 3.8) is 0 Å². The zero-order valence-corrected chi connectivity index (χ0v) is 11.4. The number of hydrogen-bond acceptors (Lipinski definition) is 1. The first-order valence-corrected chi connectivity index (χ1v) is 9.54. The summed E-state index contributed by atoms with van der Waals surface area (Å²) in [6.07, 6.45) is 9.97. The highest BCUT2D eigenvalue weighted by molar-refractivity contribution is 6.71. The highest BCUT2D eigenvalue weighted by atomic mass is 28.4. The minimum atomic E-state index is -1.36. The fourth-order valence-corrected chi connectivity index (χ4v) is 4.89. The molecule has 0 saturated heterocycles. The molecule has 0 spiro atoms. The van der Waals surface area contributed by atoms with Crippen LogP contribution in [0, 0.1) is 5.92 Å². The van der Waals surface area contributed by atoms with E-state index in [0.29, 0.717) is 6.10 Å². The Morgan fingerprint density at radius 1 is 1.20 bits per heavy atom. The molecule has 0 N–H and O–H groups in total. The Bertz CT molecular complexity index is 251. The fourth-order valence-electron chi connectivity index (χ4n) is 2.91. The lowest BCUT2D eigenvalue weighted by molar-refractivity contribution is 0.125. The summed E-state index contributed by atoms with van der Waals surface area (Å²) in [5, 5.41) is 0. The van der Waals surface area contributed by atoms with Gasteiger partial charge in [0.15, 0.2) is 8.32 Å². The molecule has 1 aliphatic heterocycles. The second-order valence-electron chi connectivity index (χ2n) is 5.85. The molecule has 0 aromatic heterocycles. The molecule has 15 heavy (non-hydrogen) atoms. The predicted octanol–water partition coefficient (Wildman–Crippen LogP) is 4.12. The minimum Gasteiger partial charge on any atom is -0.410 e. The largest absolute Gasteiger partial charge is 0.410 e. The molecule has 1 heterocycles. The summed E-state index contributed by atoms with van der Waals surface area (Å²) in [5.74, 6) is 0.821. The average molecular weight is 224 g/mol. The van der Waals surface area contributed by atoms with E-state index in [1.165, 1.54) is 43.7 Å². The van der Waals surface area contributed by atoms with Gasteiger partial charge in [0.05, 0.1) is 6.10 Å². The van der Waals surface area contributed by atoms with Gasteiger partial charge in [0.2, 0.25) is 0 Å². The maximum absolute atomic E-state index is 6.40. The van der Waals surface area contributed by atoms with Gasteiger partial charge in [-0.05, 0) is 50.4 Å². The molecule has 2 rings (SSSR count). The van der Waals surface area contributed by atoms with E-state index in [1.54, 1.807) is 0 Å². The smallest absolute Gasteiger partial charge is 0.191 e. The van der Waals surface area contributed by atoms with Gasteiger partial charge in [-0.15, -0.1) is 0 Å². The molecule has 86 valence electrons. The summed E-state index contributed by atoms with van der Waals surface area (Å²) in [5.41, 5.74) is 1.51. The summed E-state index contributed by atoms with van der Waals surface area (Å²) in [4.78, 5) is 0. The molecule has 2 heteroatoms. The van der Waals surface area contributed by atoms with E-state index in [1.807, 2.05) is 0 Å². The quantitative estimate of drug-likeness (QED) is 0.481. The summed E-state index contributed by atoms with van der Waals surface area (Å²) < 4.78 is 6.40. The van der Waals surface area contributed by atoms with Gasteiger partial charge in [-0.2, -0.15) is 0 Å². The van der Waals surface area contributed by atoms with Crippen LogP contribution < -0.4 is 0 Å². The van der Waals surface area contributed by atoms with Crippen molar-refractivity contribution in [3.05, 3.63) is 11.6 Å². The van der Waals surface area contributed by atoms with Gasteiger partial charge >= 0.3 is 0 Å². The number of hydrogen-bond donors (Lipinski definition) is 0. The van der Waals surface area contributed by atoms with E-state index in [-0.39, 0.29) is 0 Å². The monoisotopic (exact) mass is 224 g/mol. The lowest BCUT2D eigenvalue weighted by Gasteiger charge is -2.39. The number of rotatable bonds is 1. The van der Waals surface area contributed by atoms with Gasteiger partial charge in [0, 0.05) is 0 Å². The Morgan fingerprint density at radius 3 is 2.53 bits per heavy atom. The van der Waals surface area contributed by atoms with E-state index in [9.17, 15) is 0 Å². The van der Waals surface area contributed by atoms with Crippen LogP contribution in [0.25, 0.3) is 0 Å². The van der Waals surface area contributed by atoms with Gasteiger partial charge in [-0.1, -0.05) is 25.3 Å². The first-order chi connectivity index (χ1) is 7.08. The SMILES string of the molecule is CC1=CC[Si](C)(C)O[C@@H]1C1CCCCC1. The zero-order valence-electron chi connectivity index (χ0n) is 10.4. The van der Waals surface area contributed by atoms with E-state index in [4.69, 9.17) is 4.43 Å². The minimum absolute atomic E-state index is 0.473. The van der Waals surface area contributed by atoms with Gasteiger partial charge < -0.3 is 4.43 Å². The van der Waals surface area contributed by atoms with Crippen LogP contribution in [0.1, 0.15) is 39.0 Å². The Hall–Kier alpha value is -0.0831. The molecule has 0 bridgehead atoms. The van der Waals surface area contributed by atoms with Crippen molar-refractivity contribution in [2.45, 2.75) is 64.3 Å². The molecule has 1 aliphatic carbocycles. The van der Waals surface area contributed by atoms with Crippen molar-refractivity contribution >= 4 is 8.32 Å². The molecule has 0 amide bonds. The van der Waals surface area contributed by atoms with Crippen molar-refractivity contribution in [2.24, 2.45) is 5.92 Å². The number of allylic oxidation sites excluding steroid dienone is 1. The first-order valence-electron chi connectivity index (χ1n) is 6.43. The summed E-state index contributed by atoms with van der Waals surface area (Å²) in [6, 6.07) is 1.21. The van der Waals surface area contributed by atoms with Crippen LogP contribution in [0.5, 0.6) is 0 Å². The van der Waals surface area contributed by atoms with Crippen LogP contribution in [0.4, 0.5) is 0 Å². The molecule has 0 aromatic carbocycles. The van der Waals surface area contributed by atoms with Crippen molar-refractivity contribution < 1.29 is 4.43 Å². The van der Waals surface area contributed by atoms with Gasteiger partial charge in [-0.25, -0.2) is 0 Å². The third kappa shape index (κ3) is 2.73. The third-order valence-corrected chi connectivity index (χ3v) is 5.97. The van der Waals surface area contributed by atoms with E-state index in [2.05, 4.69) is 26.1 Å². The molecule has 1 saturated carbocycles. The molecule has 2 aliphatic rings. The average Bonchev–Trinajstić information content (AvgIpc) is 2.23. The lowest BCUT2D eigenvalue weighted by atomic mass is 9.83. The van der Waals surface area contributed by atoms with Crippen molar-refractivity contribution in [1.82, 2.24) is 0 Å². The van der Waals surface area contributed by atoms with Crippen LogP contribution in [-0.2, 0) is 4.43 Å². The molecule has 0 radical (unpaired) electrons. The van der Waals surface area contributed by atoms with Crippen molar-refractivity contribution in [1.29, 1.82) is 0 Å². The fraction of sp³-hybridized carbons (Fsp3) is 0.846. The van der Waals surface area contributed by atoms with Gasteiger partial charge in [-0.3, -0.25) is 0 Å². The standard InChI is InChI=1S/C13H24OSi/c1-11-9-10-15(2,3)14-13(11)12-7-5-4-6-8-12/h9,12-13H,4-8,10H2,1-3H3/t13-/m0/s1. The topological polar surface area (TPSA) is 9.23 Å². The van der Waals surface area contributed by atoms with Gasteiger partial charge in [0.1, 0.15) is 0 Å². The molecule has 1 nitrogen and oxygen atoms in total. The van der Waals surface area contributed by atoms with Crippen molar-refractivity contribution in [3.8, 4) is 0 Å². The normalized spacial score (nSPS) is 32.5. The van der Waals surface area contributed by atoms with Gasteiger partial charge in [0.25, 0.3) is 0 Å². The Labute approximate surface area is 95.0 Å². The summed E-state index contributed by atoms with van der Waals surface area (Å²) in [6.45, 7) is 6.97. The molecule has 0 aromatic rings. The Kier molecular flexibility index (Phi) is 3.36. The molecule has 1 fully saturated rings. The summed E-state index contributed by atoms with van der Waals surface area (Å²) in [7, 11) is -1.36. The zero-order chi connectivity index (χ0) is 10.9. The van der Waals surface area contributed by atoms with Crippen LogP contribution >= 0.6 is 0 Å². The van der Waals surface area contributed by atoms with E-state index < -0.39 is 8.32 Å². The molecule has 1 atom stereocenters. The predicted molar refractivity (Wildman–Crippen MR) is 67.5 cm³/mol. The van der Waals surface area contributed by atoms with Crippen LogP contribution in [0.2, 0.25) is 19.1 Å². The maximum Gasteiger partial charge on any atom is 0.191 e. The van der Waals surface area contributed by atoms with Crippen LogP contribution in [-0.4, -0.2) is 14.4 Å². The lowest BCUT2D eigenvalue weighted by Crippen LogP contribution is -2.42. The first kappa shape index (κ1) is 11.4. The molecule has 0 unspecified atom stereocenters. The highest BCUT2D eigenvalue weighted by Crippen LogP contribution is 2.36.